The van der Waals surface area contributed by atoms with Gasteiger partial charge in [0.25, 0.3) is 0 Å². The second kappa shape index (κ2) is 8.07. The summed E-state index contributed by atoms with van der Waals surface area (Å²) in [6.45, 7) is 4.13. The number of Topliss-reactive ketones (excluding diaryl/α,β-unsaturated/α-hetero) is 1. The third-order valence-electron chi connectivity index (χ3n) is 5.83. The molecule has 1 heterocycles. The van der Waals surface area contributed by atoms with E-state index in [1.807, 2.05) is 30.5 Å². The number of nitrogens with zero attached hydrogens (tertiary/aromatic N) is 1. The normalized spacial score (nSPS) is 21.1. The molecule has 0 fully saturated rings. The number of ketones is 1. The zero-order valence-electron chi connectivity index (χ0n) is 17.2. The maximum atomic E-state index is 13.4. The van der Waals surface area contributed by atoms with E-state index in [9.17, 15) is 9.59 Å². The van der Waals surface area contributed by atoms with Crippen LogP contribution in [0.1, 0.15) is 44.6 Å². The summed E-state index contributed by atoms with van der Waals surface area (Å²) < 4.78 is 0. The first-order valence-electron chi connectivity index (χ1n) is 9.89. The second-order valence-electron chi connectivity index (χ2n) is 8.63. The third-order valence-corrected chi connectivity index (χ3v) is 7.39. The van der Waals surface area contributed by atoms with Crippen LogP contribution in [0.5, 0.6) is 0 Å². The minimum atomic E-state index is -0.235. The molecule has 1 unspecified atom stereocenters. The molecule has 0 saturated heterocycles. The molecule has 2 aromatic carbocycles. The fourth-order valence-corrected chi connectivity index (χ4v) is 5.27. The van der Waals surface area contributed by atoms with Crippen molar-refractivity contribution in [3.8, 4) is 0 Å². The molecule has 1 aliphatic heterocycles. The van der Waals surface area contributed by atoms with Crippen LogP contribution in [-0.4, -0.2) is 17.9 Å². The van der Waals surface area contributed by atoms with Crippen LogP contribution in [0, 0.1) is 5.41 Å². The molecule has 156 valence electrons. The standard InChI is InChI=1S/C24H23Cl2NO2S/c1-24(2)12-19-22(20(28)13-24)16(14-7-9-15(30-3)10-8-14)11-21(29)27(19)18-6-4-5-17(25)23(18)26/h4-10,16H,11-13H2,1-3H3. The van der Waals surface area contributed by atoms with Gasteiger partial charge in [-0.3, -0.25) is 14.5 Å². The number of hydrogen-bond acceptors (Lipinski definition) is 3. The summed E-state index contributed by atoms with van der Waals surface area (Å²) in [7, 11) is 0. The van der Waals surface area contributed by atoms with Crippen molar-refractivity contribution in [1.82, 2.24) is 0 Å². The Morgan fingerprint density at radius 2 is 1.73 bits per heavy atom. The van der Waals surface area contributed by atoms with Crippen molar-refractivity contribution in [2.75, 3.05) is 11.2 Å². The van der Waals surface area contributed by atoms with E-state index in [0.29, 0.717) is 28.6 Å². The maximum absolute atomic E-state index is 13.4. The van der Waals surface area contributed by atoms with Crippen molar-refractivity contribution in [3.63, 3.8) is 0 Å². The first-order valence-corrected chi connectivity index (χ1v) is 11.9. The number of hydrogen-bond donors (Lipinski definition) is 0. The van der Waals surface area contributed by atoms with Crippen LogP contribution in [0.3, 0.4) is 0 Å². The van der Waals surface area contributed by atoms with Gasteiger partial charge < -0.3 is 0 Å². The van der Waals surface area contributed by atoms with E-state index in [4.69, 9.17) is 23.2 Å². The average Bonchev–Trinajstić information content (AvgIpc) is 2.69. The van der Waals surface area contributed by atoms with Gasteiger partial charge in [-0.05, 0) is 47.9 Å². The van der Waals surface area contributed by atoms with Gasteiger partial charge in [-0.15, -0.1) is 11.8 Å². The molecule has 0 radical (unpaired) electrons. The van der Waals surface area contributed by atoms with Gasteiger partial charge in [0.2, 0.25) is 5.91 Å². The predicted molar refractivity (Wildman–Crippen MR) is 125 cm³/mol. The van der Waals surface area contributed by atoms with Gasteiger partial charge in [0.05, 0.1) is 15.7 Å². The van der Waals surface area contributed by atoms with Crippen molar-refractivity contribution < 1.29 is 9.59 Å². The molecule has 0 aromatic heterocycles. The summed E-state index contributed by atoms with van der Waals surface area (Å²) in [4.78, 5) is 29.5. The number of thioether (sulfide) groups is 1. The van der Waals surface area contributed by atoms with Crippen LogP contribution in [0.2, 0.25) is 10.0 Å². The van der Waals surface area contributed by atoms with E-state index in [1.54, 1.807) is 34.9 Å². The van der Waals surface area contributed by atoms with Crippen molar-refractivity contribution in [2.24, 2.45) is 5.41 Å². The van der Waals surface area contributed by atoms with Crippen LogP contribution >= 0.6 is 35.0 Å². The van der Waals surface area contributed by atoms with Crippen LogP contribution in [0.25, 0.3) is 0 Å². The molecular formula is C24H23Cl2NO2S. The molecule has 6 heteroatoms. The lowest BCUT2D eigenvalue weighted by atomic mass is 9.69. The molecule has 0 spiro atoms. The molecule has 3 nitrogen and oxygen atoms in total. The minimum Gasteiger partial charge on any atom is -0.294 e. The zero-order valence-corrected chi connectivity index (χ0v) is 19.5. The molecule has 1 atom stereocenters. The number of anilines is 1. The Morgan fingerprint density at radius 3 is 2.40 bits per heavy atom. The van der Waals surface area contributed by atoms with Crippen molar-refractivity contribution in [2.45, 2.75) is 43.9 Å². The number of benzene rings is 2. The van der Waals surface area contributed by atoms with Gasteiger partial charge in [0.15, 0.2) is 5.78 Å². The molecule has 0 bridgehead atoms. The van der Waals surface area contributed by atoms with E-state index in [2.05, 4.69) is 13.8 Å². The Kier molecular flexibility index (Phi) is 5.78. The SMILES string of the molecule is CSc1ccc(C2CC(=O)N(c3cccc(Cl)c3Cl)C3=C2C(=O)CC(C)(C)C3)cc1. The highest BCUT2D eigenvalue weighted by Gasteiger charge is 2.44. The highest BCUT2D eigenvalue weighted by Crippen LogP contribution is 2.49. The number of carbonyl (C=O) groups is 2. The first-order chi connectivity index (χ1) is 14.2. The van der Waals surface area contributed by atoms with Gasteiger partial charge in [0, 0.05) is 34.9 Å². The zero-order chi connectivity index (χ0) is 21.6. The molecule has 0 saturated carbocycles. The summed E-state index contributed by atoms with van der Waals surface area (Å²) in [5.74, 6) is -0.195. The predicted octanol–water partition coefficient (Wildman–Crippen LogP) is 6.88. The molecule has 30 heavy (non-hydrogen) atoms. The molecule has 0 N–H and O–H groups in total. The van der Waals surface area contributed by atoms with Gasteiger partial charge in [-0.25, -0.2) is 0 Å². The van der Waals surface area contributed by atoms with Gasteiger partial charge in [0.1, 0.15) is 0 Å². The molecular weight excluding hydrogens is 437 g/mol. The maximum Gasteiger partial charge on any atom is 0.232 e. The summed E-state index contributed by atoms with van der Waals surface area (Å²) >= 11 is 14.4. The lowest BCUT2D eigenvalue weighted by Crippen LogP contribution is -2.43. The fraction of sp³-hybridized carbons (Fsp3) is 0.333. The number of halogens is 2. The number of amides is 1. The lowest BCUT2D eigenvalue weighted by Gasteiger charge is -2.43. The molecule has 4 rings (SSSR count). The quantitative estimate of drug-likeness (QED) is 0.469. The largest absolute Gasteiger partial charge is 0.294 e. The Hall–Kier alpha value is -1.75. The highest BCUT2D eigenvalue weighted by molar-refractivity contribution is 7.98. The first kappa shape index (κ1) is 21.5. The Morgan fingerprint density at radius 1 is 1.03 bits per heavy atom. The number of rotatable bonds is 3. The Labute approximate surface area is 191 Å². The summed E-state index contributed by atoms with van der Waals surface area (Å²) in [6, 6.07) is 13.4. The Bertz CT molecular complexity index is 1060. The molecule has 1 aliphatic carbocycles. The highest BCUT2D eigenvalue weighted by atomic mass is 35.5. The van der Waals surface area contributed by atoms with Crippen LogP contribution in [-0.2, 0) is 9.59 Å². The smallest absolute Gasteiger partial charge is 0.232 e. The Balaban J connectivity index is 1.90. The minimum absolute atomic E-state index is 0.0673. The van der Waals surface area contributed by atoms with Crippen LogP contribution in [0.4, 0.5) is 5.69 Å². The molecule has 1 amide bonds. The van der Waals surface area contributed by atoms with E-state index in [0.717, 1.165) is 21.7 Å². The average molecular weight is 460 g/mol. The van der Waals surface area contributed by atoms with Crippen LogP contribution in [0.15, 0.2) is 58.6 Å². The van der Waals surface area contributed by atoms with Crippen molar-refractivity contribution >= 4 is 52.3 Å². The summed E-state index contributed by atoms with van der Waals surface area (Å²) in [5, 5.41) is 0.721. The van der Waals surface area contributed by atoms with E-state index in [1.165, 1.54) is 0 Å². The van der Waals surface area contributed by atoms with Gasteiger partial charge >= 0.3 is 0 Å². The fourth-order valence-electron chi connectivity index (χ4n) is 4.48. The van der Waals surface area contributed by atoms with E-state index < -0.39 is 0 Å². The van der Waals surface area contributed by atoms with Gasteiger partial charge in [-0.1, -0.05) is 55.2 Å². The van der Waals surface area contributed by atoms with Crippen molar-refractivity contribution in [3.05, 3.63) is 69.3 Å². The lowest BCUT2D eigenvalue weighted by molar-refractivity contribution is -0.121. The monoisotopic (exact) mass is 459 g/mol. The van der Waals surface area contributed by atoms with E-state index in [-0.39, 0.29) is 29.4 Å². The summed E-state index contributed by atoms with van der Waals surface area (Å²) in [5.41, 5.74) is 2.81. The molecule has 2 aliphatic rings. The van der Waals surface area contributed by atoms with Crippen LogP contribution < -0.4 is 4.90 Å². The number of carbonyl (C=O) groups excluding carboxylic acids is 2. The van der Waals surface area contributed by atoms with E-state index >= 15 is 0 Å². The number of allylic oxidation sites excluding steroid dienone is 2. The van der Waals surface area contributed by atoms with Gasteiger partial charge in [-0.2, -0.15) is 0 Å². The summed E-state index contributed by atoms with van der Waals surface area (Å²) in [6.07, 6.45) is 3.35. The molecule has 2 aromatic rings. The van der Waals surface area contributed by atoms with Crippen molar-refractivity contribution in [1.29, 1.82) is 0 Å². The third kappa shape index (κ3) is 3.81. The second-order valence-corrected chi connectivity index (χ2v) is 10.3. The topological polar surface area (TPSA) is 37.4 Å².